The van der Waals surface area contributed by atoms with Gasteiger partial charge in [-0.05, 0) is 13.8 Å². The van der Waals surface area contributed by atoms with Crippen molar-refractivity contribution in [2.75, 3.05) is 18.6 Å². The summed E-state index contributed by atoms with van der Waals surface area (Å²) in [6.07, 6.45) is -0.0615. The predicted molar refractivity (Wildman–Crippen MR) is 97.8 cm³/mol. The number of nitrogen functional groups attached to an aromatic ring is 1. The van der Waals surface area contributed by atoms with Gasteiger partial charge in [-0.2, -0.15) is 0 Å². The summed E-state index contributed by atoms with van der Waals surface area (Å²) < 4.78 is 46.8. The van der Waals surface area contributed by atoms with Crippen molar-refractivity contribution in [3.8, 4) is 0 Å². The first kappa shape index (κ1) is 20.8. The van der Waals surface area contributed by atoms with Crippen molar-refractivity contribution >= 4 is 35.6 Å². The molecule has 5 atom stereocenters. The lowest BCUT2D eigenvalue weighted by molar-refractivity contribution is -0.199. The van der Waals surface area contributed by atoms with Crippen molar-refractivity contribution in [2.24, 2.45) is 0 Å². The van der Waals surface area contributed by atoms with Gasteiger partial charge in [0.25, 0.3) is 0 Å². The van der Waals surface area contributed by atoms with Gasteiger partial charge >= 0.3 is 7.82 Å². The molecule has 1 unspecified atom stereocenters. The van der Waals surface area contributed by atoms with Crippen molar-refractivity contribution in [3.05, 3.63) is 6.33 Å². The molecule has 2 aromatic heterocycles. The third kappa shape index (κ3) is 3.94. The monoisotopic (exact) mass is 449 g/mol. The smallest absolute Gasteiger partial charge is 0.382 e. The number of hydrogen-bond donors (Lipinski definition) is 3. The number of fused-ring (bicyclic) bond motifs is 2. The van der Waals surface area contributed by atoms with Gasteiger partial charge in [-0.25, -0.2) is 19.5 Å². The zero-order valence-electron chi connectivity index (χ0n) is 15.7. The second kappa shape index (κ2) is 7.03. The van der Waals surface area contributed by atoms with Gasteiger partial charge in [0.1, 0.15) is 23.8 Å². The quantitative estimate of drug-likeness (QED) is 0.400. The molecule has 0 radical (unpaired) electrons. The van der Waals surface area contributed by atoms with E-state index in [1.165, 1.54) is 12.6 Å². The van der Waals surface area contributed by atoms with Crippen molar-refractivity contribution in [1.29, 1.82) is 0 Å². The van der Waals surface area contributed by atoms with Gasteiger partial charge in [-0.1, -0.05) is 0 Å². The third-order valence-corrected chi connectivity index (χ3v) is 5.67. The van der Waals surface area contributed by atoms with Gasteiger partial charge in [-0.3, -0.25) is 13.3 Å². The molecule has 4 rings (SSSR count). The van der Waals surface area contributed by atoms with Gasteiger partial charge < -0.3 is 29.7 Å². The van der Waals surface area contributed by atoms with Crippen molar-refractivity contribution in [3.63, 3.8) is 0 Å². The van der Waals surface area contributed by atoms with Crippen molar-refractivity contribution in [2.45, 2.75) is 49.3 Å². The van der Waals surface area contributed by atoms with E-state index >= 15 is 0 Å². The highest BCUT2D eigenvalue weighted by molar-refractivity contribution is 7.84. The summed E-state index contributed by atoms with van der Waals surface area (Å²) in [7, 11) is -6.17. The largest absolute Gasteiger partial charge is 0.469 e. The van der Waals surface area contributed by atoms with Crippen LogP contribution >= 0.6 is 7.82 Å². The number of imidazole rings is 1. The molecule has 2 aliphatic heterocycles. The Hall–Kier alpha value is -1.51. The normalized spacial score (nSPS) is 30.0. The lowest BCUT2D eigenvalue weighted by atomic mass is 10.1. The number of rotatable bonds is 5. The first-order valence-corrected chi connectivity index (χ1v) is 11.6. The fraction of sp³-hybridized carbons (Fsp3) is 0.643. The molecular weight excluding hydrogens is 429 g/mol. The first-order chi connectivity index (χ1) is 13.5. The molecule has 0 aromatic carbocycles. The maximum atomic E-state index is 11.8. The minimum absolute atomic E-state index is 0.0385. The molecule has 4 heterocycles. The second-order valence-corrected chi connectivity index (χ2v) is 9.60. The average Bonchev–Trinajstić information content (AvgIpc) is 3.23. The van der Waals surface area contributed by atoms with Crippen LogP contribution in [0.3, 0.4) is 0 Å². The minimum Gasteiger partial charge on any atom is -0.382 e. The summed E-state index contributed by atoms with van der Waals surface area (Å²) in [4.78, 5) is 30.5. The first-order valence-electron chi connectivity index (χ1n) is 8.50. The number of phosphoric ester groups is 1. The third-order valence-electron chi connectivity index (χ3n) is 4.49. The Morgan fingerprint density at radius 3 is 2.69 bits per heavy atom. The Morgan fingerprint density at radius 2 is 2.03 bits per heavy atom. The fourth-order valence-electron chi connectivity index (χ4n) is 3.42. The Bertz CT molecular complexity index is 1020. The molecule has 29 heavy (non-hydrogen) atoms. The molecular formula is C14H20N5O8PS. The standard InChI is InChI=1S/C14H20N5O8PS/c1-14(2)26-8-6(4-24-28(20,21)22)25-12(9(8)27-14)19-5-16-7-10(15)17-13(29(3)23)18-11(7)19/h5-6,8-9,12H,4H2,1-3H3,(H2,15,17,18)(H2,20,21,22)/t6-,8-,9-,12-,29?/m1/s1. The molecule has 15 heteroatoms. The maximum Gasteiger partial charge on any atom is 0.469 e. The van der Waals surface area contributed by atoms with E-state index in [1.54, 1.807) is 18.4 Å². The van der Waals surface area contributed by atoms with Crippen LogP contribution in [0.15, 0.2) is 11.5 Å². The zero-order chi connectivity index (χ0) is 21.1. The molecule has 2 aromatic rings. The van der Waals surface area contributed by atoms with Crippen LogP contribution in [0.1, 0.15) is 20.1 Å². The molecule has 160 valence electrons. The molecule has 4 N–H and O–H groups in total. The van der Waals surface area contributed by atoms with Crippen LogP contribution < -0.4 is 5.73 Å². The number of aromatic nitrogens is 4. The molecule has 0 amide bonds. The van der Waals surface area contributed by atoms with Crippen LogP contribution in [0.2, 0.25) is 0 Å². The lowest BCUT2D eigenvalue weighted by Gasteiger charge is -2.24. The number of hydrogen-bond acceptors (Lipinski definition) is 10. The van der Waals surface area contributed by atoms with Gasteiger partial charge in [0.15, 0.2) is 23.5 Å². The predicted octanol–water partition coefficient (Wildman–Crippen LogP) is -0.327. The highest BCUT2D eigenvalue weighted by Crippen LogP contribution is 2.45. The van der Waals surface area contributed by atoms with E-state index in [2.05, 4.69) is 19.5 Å². The summed E-state index contributed by atoms with van der Waals surface area (Å²) in [6.45, 7) is 3.02. The molecule has 0 saturated carbocycles. The van der Waals surface area contributed by atoms with E-state index in [4.69, 9.17) is 29.7 Å². The van der Waals surface area contributed by atoms with E-state index in [9.17, 15) is 8.77 Å². The van der Waals surface area contributed by atoms with Gasteiger partial charge in [0, 0.05) is 6.26 Å². The Balaban J connectivity index is 1.72. The van der Waals surface area contributed by atoms with Crippen molar-refractivity contribution < 1.29 is 37.3 Å². The van der Waals surface area contributed by atoms with E-state index in [-0.39, 0.29) is 16.6 Å². The molecule has 2 saturated heterocycles. The van der Waals surface area contributed by atoms with Crippen LogP contribution in [0.4, 0.5) is 5.82 Å². The molecule has 0 aliphatic carbocycles. The maximum absolute atomic E-state index is 11.8. The van der Waals surface area contributed by atoms with Crippen LogP contribution in [0.5, 0.6) is 0 Å². The Morgan fingerprint density at radius 1 is 1.34 bits per heavy atom. The van der Waals surface area contributed by atoms with E-state index < -0.39 is 55.6 Å². The van der Waals surface area contributed by atoms with Crippen LogP contribution in [-0.2, 0) is 34.1 Å². The number of nitrogens with zero attached hydrogens (tertiary/aromatic N) is 4. The van der Waals surface area contributed by atoms with Crippen LogP contribution in [0, 0.1) is 0 Å². The number of nitrogens with two attached hydrogens (primary N) is 1. The molecule has 13 nitrogen and oxygen atoms in total. The van der Waals surface area contributed by atoms with E-state index in [0.29, 0.717) is 5.52 Å². The Labute approximate surface area is 167 Å². The van der Waals surface area contributed by atoms with Crippen molar-refractivity contribution in [1.82, 2.24) is 19.5 Å². The second-order valence-electron chi connectivity index (χ2n) is 7.09. The molecule has 2 aliphatic rings. The van der Waals surface area contributed by atoms with Crippen LogP contribution in [0.25, 0.3) is 11.2 Å². The summed E-state index contributed by atoms with van der Waals surface area (Å²) in [5.74, 6) is -0.878. The number of ether oxygens (including phenoxy) is 3. The highest BCUT2D eigenvalue weighted by atomic mass is 32.2. The lowest BCUT2D eigenvalue weighted by Crippen LogP contribution is -2.32. The summed E-state index contributed by atoms with van der Waals surface area (Å²) in [5.41, 5.74) is 6.50. The Kier molecular flexibility index (Phi) is 5.03. The summed E-state index contributed by atoms with van der Waals surface area (Å²) in [5, 5.41) is 0.0385. The minimum atomic E-state index is -4.70. The summed E-state index contributed by atoms with van der Waals surface area (Å²) >= 11 is 0. The van der Waals surface area contributed by atoms with Gasteiger partial charge in [0.2, 0.25) is 5.16 Å². The summed E-state index contributed by atoms with van der Waals surface area (Å²) in [6, 6.07) is 0. The molecule has 0 spiro atoms. The van der Waals surface area contributed by atoms with E-state index in [0.717, 1.165) is 0 Å². The fourth-order valence-corrected chi connectivity index (χ4v) is 4.20. The van der Waals surface area contributed by atoms with Crippen LogP contribution in [-0.4, -0.2) is 70.5 Å². The molecule has 0 bridgehead atoms. The number of phosphoric acid groups is 1. The topological polar surface area (TPSA) is 181 Å². The zero-order valence-corrected chi connectivity index (χ0v) is 17.4. The van der Waals surface area contributed by atoms with E-state index in [1.807, 2.05) is 0 Å². The SMILES string of the molecule is CS(=O)c1nc(N)c2ncn([C@@H]3O[C@H](COP(=O)(O)O)[C@H]4OC(C)(C)O[C@H]43)c2n1. The number of anilines is 1. The molecule has 2 fully saturated rings. The van der Waals surface area contributed by atoms with Gasteiger partial charge in [-0.15, -0.1) is 0 Å². The average molecular weight is 449 g/mol. The van der Waals surface area contributed by atoms with Gasteiger partial charge in [0.05, 0.1) is 23.7 Å². The highest BCUT2D eigenvalue weighted by Gasteiger charge is 2.56.